The van der Waals surface area contributed by atoms with Crippen LogP contribution in [0.15, 0.2) is 25.7 Å². The monoisotopic (exact) mass is 302 g/mol. The number of carbonyl (C=O) groups is 2. The Bertz CT molecular complexity index is 718. The normalized spacial score (nSPS) is 20.5. The minimum Gasteiger partial charge on any atom is -0.494 e. The average Bonchev–Trinajstić information content (AvgIpc) is 2.41. The average molecular weight is 302 g/mol. The SMILES string of the molecule is C=COC1Cc2c(C(=O)O)c(C(=O)O)c3c(c21)CC3OC=C. The summed E-state index contributed by atoms with van der Waals surface area (Å²) < 4.78 is 10.7. The van der Waals surface area contributed by atoms with E-state index in [0.29, 0.717) is 24.0 Å². The van der Waals surface area contributed by atoms with Gasteiger partial charge in [0.1, 0.15) is 12.2 Å². The van der Waals surface area contributed by atoms with Crippen molar-refractivity contribution in [1.29, 1.82) is 0 Å². The smallest absolute Gasteiger partial charge is 0.337 e. The second-order valence-electron chi connectivity index (χ2n) is 5.14. The van der Waals surface area contributed by atoms with Gasteiger partial charge in [0.2, 0.25) is 0 Å². The standard InChI is InChI=1S/C16H14O6/c1-3-21-9-6-8-11(9)7-5-10(22-4-2)12(7)14(16(19)20)13(8)15(17)18/h3-4,9-10H,1-2,5-6H2,(H,17,18)(H,19,20). The van der Waals surface area contributed by atoms with Crippen LogP contribution >= 0.6 is 0 Å². The van der Waals surface area contributed by atoms with Crippen LogP contribution in [0.1, 0.15) is 55.2 Å². The maximum atomic E-state index is 11.6. The predicted octanol–water partition coefficient (Wildman–Crippen LogP) is 2.60. The second kappa shape index (κ2) is 4.91. The first kappa shape index (κ1) is 14.2. The van der Waals surface area contributed by atoms with Crippen molar-refractivity contribution in [3.63, 3.8) is 0 Å². The molecule has 2 atom stereocenters. The first-order valence-corrected chi connectivity index (χ1v) is 6.72. The third-order valence-electron chi connectivity index (χ3n) is 4.17. The van der Waals surface area contributed by atoms with Gasteiger partial charge in [-0.15, -0.1) is 0 Å². The lowest BCUT2D eigenvalue weighted by atomic mass is 9.67. The number of hydrogen-bond acceptors (Lipinski definition) is 4. The first-order valence-electron chi connectivity index (χ1n) is 6.72. The van der Waals surface area contributed by atoms with E-state index in [1.54, 1.807) is 0 Å². The summed E-state index contributed by atoms with van der Waals surface area (Å²) in [6.45, 7) is 6.96. The molecule has 2 unspecified atom stereocenters. The largest absolute Gasteiger partial charge is 0.494 e. The number of hydrogen-bond donors (Lipinski definition) is 2. The van der Waals surface area contributed by atoms with Crippen LogP contribution in [0.25, 0.3) is 0 Å². The van der Waals surface area contributed by atoms with Crippen LogP contribution in [0, 0.1) is 0 Å². The minimum absolute atomic E-state index is 0.164. The first-order chi connectivity index (χ1) is 10.5. The summed E-state index contributed by atoms with van der Waals surface area (Å²) in [7, 11) is 0. The number of aromatic carboxylic acids is 2. The molecule has 1 aromatic rings. The number of rotatable bonds is 6. The van der Waals surface area contributed by atoms with E-state index >= 15 is 0 Å². The molecule has 0 fully saturated rings. The van der Waals surface area contributed by atoms with Crippen LogP contribution in [0.4, 0.5) is 0 Å². The summed E-state index contributed by atoms with van der Waals surface area (Å²) in [6.07, 6.45) is 2.67. The van der Waals surface area contributed by atoms with Gasteiger partial charge in [0, 0.05) is 24.0 Å². The van der Waals surface area contributed by atoms with Gasteiger partial charge in [-0.05, 0) is 11.1 Å². The highest BCUT2D eigenvalue weighted by Gasteiger charge is 2.46. The minimum atomic E-state index is -1.26. The van der Waals surface area contributed by atoms with Gasteiger partial charge in [-0.3, -0.25) is 0 Å². The summed E-state index contributed by atoms with van der Waals surface area (Å²) in [5.74, 6) is -2.51. The van der Waals surface area contributed by atoms with Gasteiger partial charge in [-0.25, -0.2) is 9.59 Å². The summed E-state index contributed by atoms with van der Waals surface area (Å²) >= 11 is 0. The lowest BCUT2D eigenvalue weighted by Crippen LogP contribution is -2.35. The Kier molecular flexibility index (Phi) is 3.16. The highest BCUT2D eigenvalue weighted by atomic mass is 16.5. The lowest BCUT2D eigenvalue weighted by Gasteiger charge is -2.41. The molecule has 2 N–H and O–H groups in total. The third kappa shape index (κ3) is 1.73. The second-order valence-corrected chi connectivity index (χ2v) is 5.14. The Labute approximate surface area is 126 Å². The van der Waals surface area contributed by atoms with E-state index in [-0.39, 0.29) is 17.2 Å². The molecule has 0 saturated carbocycles. The van der Waals surface area contributed by atoms with Crippen LogP contribution in [0.3, 0.4) is 0 Å². The van der Waals surface area contributed by atoms with Gasteiger partial charge >= 0.3 is 11.9 Å². The Morgan fingerprint density at radius 1 is 0.909 bits per heavy atom. The molecule has 0 saturated heterocycles. The van der Waals surface area contributed by atoms with Crippen LogP contribution < -0.4 is 0 Å². The molecule has 22 heavy (non-hydrogen) atoms. The van der Waals surface area contributed by atoms with Crippen molar-refractivity contribution in [2.75, 3.05) is 0 Å². The highest BCUT2D eigenvalue weighted by molar-refractivity contribution is 6.05. The van der Waals surface area contributed by atoms with E-state index in [4.69, 9.17) is 9.47 Å². The van der Waals surface area contributed by atoms with Crippen molar-refractivity contribution in [3.05, 3.63) is 59.1 Å². The maximum Gasteiger partial charge on any atom is 0.337 e. The lowest BCUT2D eigenvalue weighted by molar-refractivity contribution is 0.0621. The number of fused-ring (bicyclic) bond motifs is 3. The van der Waals surface area contributed by atoms with E-state index in [1.807, 2.05) is 0 Å². The molecule has 6 nitrogen and oxygen atoms in total. The Morgan fingerprint density at radius 3 is 1.91 bits per heavy atom. The van der Waals surface area contributed by atoms with Crippen molar-refractivity contribution in [1.82, 2.24) is 0 Å². The Morgan fingerprint density at radius 2 is 1.41 bits per heavy atom. The molecule has 3 rings (SSSR count). The third-order valence-corrected chi connectivity index (χ3v) is 4.17. The van der Waals surface area contributed by atoms with E-state index < -0.39 is 18.0 Å². The van der Waals surface area contributed by atoms with Crippen LogP contribution in [0.2, 0.25) is 0 Å². The number of carboxylic acid groups (broad SMARTS) is 2. The fourth-order valence-corrected chi connectivity index (χ4v) is 3.31. The molecular weight excluding hydrogens is 288 g/mol. The quantitative estimate of drug-likeness (QED) is 0.785. The summed E-state index contributed by atoms with van der Waals surface area (Å²) in [5.41, 5.74) is 2.18. The number of carboxylic acids is 2. The predicted molar refractivity (Wildman–Crippen MR) is 75.8 cm³/mol. The van der Waals surface area contributed by atoms with Gasteiger partial charge in [-0.1, -0.05) is 13.2 Å². The molecule has 2 aliphatic carbocycles. The molecule has 114 valence electrons. The van der Waals surface area contributed by atoms with Gasteiger partial charge < -0.3 is 19.7 Å². The summed E-state index contributed by atoms with van der Waals surface area (Å²) in [6, 6.07) is 0. The van der Waals surface area contributed by atoms with Crippen LogP contribution in [0.5, 0.6) is 0 Å². The van der Waals surface area contributed by atoms with E-state index in [2.05, 4.69) is 13.2 Å². The van der Waals surface area contributed by atoms with Crippen molar-refractivity contribution in [3.8, 4) is 0 Å². The summed E-state index contributed by atoms with van der Waals surface area (Å²) in [4.78, 5) is 23.2. The molecule has 0 spiro atoms. The van der Waals surface area contributed by atoms with Gasteiger partial charge in [0.15, 0.2) is 0 Å². The van der Waals surface area contributed by atoms with Gasteiger partial charge in [0.25, 0.3) is 0 Å². The molecule has 0 bridgehead atoms. The molecule has 0 aliphatic heterocycles. The maximum absolute atomic E-state index is 11.6. The fraction of sp³-hybridized carbons (Fsp3) is 0.250. The Balaban J connectivity index is 2.24. The molecule has 0 radical (unpaired) electrons. The molecule has 1 aromatic carbocycles. The van der Waals surface area contributed by atoms with E-state index in [9.17, 15) is 19.8 Å². The van der Waals surface area contributed by atoms with Gasteiger partial charge in [0.05, 0.1) is 23.7 Å². The molecule has 6 heteroatoms. The zero-order chi connectivity index (χ0) is 16.0. The zero-order valence-corrected chi connectivity index (χ0v) is 11.7. The highest BCUT2D eigenvalue weighted by Crippen LogP contribution is 2.52. The molecule has 0 aromatic heterocycles. The molecule has 0 heterocycles. The van der Waals surface area contributed by atoms with Crippen LogP contribution in [-0.4, -0.2) is 22.2 Å². The van der Waals surface area contributed by atoms with Crippen LogP contribution in [-0.2, 0) is 22.3 Å². The topological polar surface area (TPSA) is 93.1 Å². The molecular formula is C16H14O6. The van der Waals surface area contributed by atoms with E-state index in [1.165, 1.54) is 12.5 Å². The van der Waals surface area contributed by atoms with Crippen molar-refractivity contribution in [2.24, 2.45) is 0 Å². The molecule has 2 aliphatic rings. The van der Waals surface area contributed by atoms with Gasteiger partial charge in [-0.2, -0.15) is 0 Å². The fourth-order valence-electron chi connectivity index (χ4n) is 3.31. The van der Waals surface area contributed by atoms with Crippen molar-refractivity contribution < 1.29 is 29.3 Å². The molecule has 0 amide bonds. The van der Waals surface area contributed by atoms with Crippen molar-refractivity contribution >= 4 is 11.9 Å². The number of benzene rings is 1. The Hall–Kier alpha value is -2.76. The number of ether oxygens (including phenoxy) is 2. The van der Waals surface area contributed by atoms with E-state index in [0.717, 1.165) is 11.1 Å². The van der Waals surface area contributed by atoms with Crippen molar-refractivity contribution in [2.45, 2.75) is 25.0 Å². The summed E-state index contributed by atoms with van der Waals surface area (Å²) in [5, 5.41) is 18.9. The zero-order valence-electron chi connectivity index (χ0n) is 11.7.